The molecule has 2 aliphatic heterocycles. The molecule has 2 aliphatic rings. The molecule has 2 fully saturated rings. The lowest BCUT2D eigenvalue weighted by Crippen LogP contribution is -2.51. The zero-order valence-corrected chi connectivity index (χ0v) is 15.3. The molecule has 142 valence electrons. The standard InChI is InChI=1S/C19H29N5O2/c20-18(25)17-7-4-9-24(17)19(26)21-8-10-22-11-13-23(14-12-22)15-16-5-2-1-3-6-16/h1-3,5-6,17H,4,7-15H2,(H2,20,25)(H,21,26)/t17-/m0/s1. The first kappa shape index (κ1) is 18.7. The van der Waals surface area contributed by atoms with Crippen molar-refractivity contribution in [3.8, 4) is 0 Å². The van der Waals surface area contributed by atoms with Gasteiger partial charge in [-0.15, -0.1) is 0 Å². The average Bonchev–Trinajstić information content (AvgIpc) is 3.14. The third kappa shape index (κ3) is 4.95. The highest BCUT2D eigenvalue weighted by Crippen LogP contribution is 2.16. The van der Waals surface area contributed by atoms with Gasteiger partial charge in [-0.1, -0.05) is 30.3 Å². The van der Waals surface area contributed by atoms with Crippen LogP contribution in [0.2, 0.25) is 0 Å². The monoisotopic (exact) mass is 359 g/mol. The van der Waals surface area contributed by atoms with Crippen LogP contribution in [0.1, 0.15) is 18.4 Å². The van der Waals surface area contributed by atoms with Gasteiger partial charge in [-0.2, -0.15) is 0 Å². The summed E-state index contributed by atoms with van der Waals surface area (Å²) in [5, 5.41) is 2.93. The first-order chi connectivity index (χ1) is 12.6. The number of likely N-dealkylation sites (tertiary alicyclic amines) is 1. The van der Waals surface area contributed by atoms with Gasteiger partial charge in [-0.3, -0.25) is 14.6 Å². The van der Waals surface area contributed by atoms with Gasteiger partial charge in [-0.05, 0) is 18.4 Å². The lowest BCUT2D eigenvalue weighted by molar-refractivity contribution is -0.121. The Bertz CT molecular complexity index is 601. The van der Waals surface area contributed by atoms with Crippen LogP contribution in [-0.4, -0.2) is 78.5 Å². The van der Waals surface area contributed by atoms with Crippen molar-refractivity contribution in [3.63, 3.8) is 0 Å². The SMILES string of the molecule is NC(=O)[C@@H]1CCCN1C(=O)NCCN1CCN(Cc2ccccc2)CC1. The number of nitrogens with two attached hydrogens (primary N) is 1. The molecule has 2 heterocycles. The first-order valence-corrected chi connectivity index (χ1v) is 9.46. The highest BCUT2D eigenvalue weighted by atomic mass is 16.2. The summed E-state index contributed by atoms with van der Waals surface area (Å²) < 4.78 is 0. The van der Waals surface area contributed by atoms with Gasteiger partial charge in [0.2, 0.25) is 5.91 Å². The van der Waals surface area contributed by atoms with E-state index in [9.17, 15) is 9.59 Å². The number of hydrogen-bond donors (Lipinski definition) is 2. The summed E-state index contributed by atoms with van der Waals surface area (Å²) >= 11 is 0. The Labute approximate surface area is 155 Å². The number of piperazine rings is 1. The minimum absolute atomic E-state index is 0.172. The van der Waals surface area contributed by atoms with Gasteiger partial charge in [0.15, 0.2) is 0 Å². The minimum Gasteiger partial charge on any atom is -0.368 e. The molecule has 3 rings (SSSR count). The van der Waals surface area contributed by atoms with E-state index in [-0.39, 0.29) is 6.03 Å². The number of urea groups is 1. The van der Waals surface area contributed by atoms with Gasteiger partial charge >= 0.3 is 6.03 Å². The predicted octanol–water partition coefficient (Wildman–Crippen LogP) is 0.464. The number of carbonyl (C=O) groups excluding carboxylic acids is 2. The van der Waals surface area contributed by atoms with E-state index in [1.165, 1.54) is 5.56 Å². The molecule has 1 aromatic rings. The van der Waals surface area contributed by atoms with Crippen molar-refractivity contribution in [3.05, 3.63) is 35.9 Å². The molecule has 2 saturated heterocycles. The summed E-state index contributed by atoms with van der Waals surface area (Å²) in [6, 6.07) is 9.92. The first-order valence-electron chi connectivity index (χ1n) is 9.46. The molecule has 0 radical (unpaired) electrons. The molecule has 1 aromatic carbocycles. The van der Waals surface area contributed by atoms with Crippen molar-refractivity contribution < 1.29 is 9.59 Å². The fraction of sp³-hybridized carbons (Fsp3) is 0.579. The third-order valence-corrected chi connectivity index (χ3v) is 5.26. The summed E-state index contributed by atoms with van der Waals surface area (Å²) in [6.45, 7) is 7.13. The topological polar surface area (TPSA) is 81.9 Å². The molecule has 7 heteroatoms. The van der Waals surface area contributed by atoms with Gasteiger partial charge < -0.3 is 16.0 Å². The lowest BCUT2D eigenvalue weighted by atomic mass is 10.2. The molecule has 0 aliphatic carbocycles. The van der Waals surface area contributed by atoms with E-state index in [0.717, 1.165) is 45.7 Å². The summed E-state index contributed by atoms with van der Waals surface area (Å²) in [7, 11) is 0. The Hall–Kier alpha value is -2.12. The number of carbonyl (C=O) groups is 2. The molecule has 0 saturated carbocycles. The molecule has 3 N–H and O–H groups in total. The lowest BCUT2D eigenvalue weighted by Gasteiger charge is -2.34. The van der Waals surface area contributed by atoms with E-state index in [2.05, 4.69) is 39.4 Å². The molecule has 1 atom stereocenters. The fourth-order valence-electron chi connectivity index (χ4n) is 3.74. The van der Waals surface area contributed by atoms with E-state index < -0.39 is 11.9 Å². The van der Waals surface area contributed by atoms with Crippen LogP contribution in [0.3, 0.4) is 0 Å². The number of nitrogens with one attached hydrogen (secondary N) is 1. The number of benzene rings is 1. The Morgan fingerprint density at radius 3 is 2.42 bits per heavy atom. The Morgan fingerprint density at radius 2 is 1.73 bits per heavy atom. The zero-order valence-electron chi connectivity index (χ0n) is 15.3. The number of rotatable bonds is 6. The zero-order chi connectivity index (χ0) is 18.4. The summed E-state index contributed by atoms with van der Waals surface area (Å²) in [5.41, 5.74) is 6.72. The molecule has 7 nitrogen and oxygen atoms in total. The predicted molar refractivity (Wildman–Crippen MR) is 100 cm³/mol. The summed E-state index contributed by atoms with van der Waals surface area (Å²) in [4.78, 5) is 30.0. The quantitative estimate of drug-likeness (QED) is 0.773. The Balaban J connectivity index is 1.34. The average molecular weight is 359 g/mol. The molecule has 0 unspecified atom stereocenters. The van der Waals surface area contributed by atoms with E-state index in [1.807, 2.05) is 6.07 Å². The molecule has 0 spiro atoms. The molecule has 26 heavy (non-hydrogen) atoms. The van der Waals surface area contributed by atoms with Crippen molar-refractivity contribution in [2.75, 3.05) is 45.8 Å². The summed E-state index contributed by atoms with van der Waals surface area (Å²) in [5.74, 6) is -0.410. The maximum Gasteiger partial charge on any atom is 0.318 e. The number of nitrogens with zero attached hydrogens (tertiary/aromatic N) is 3. The number of primary amides is 1. The van der Waals surface area contributed by atoms with Gasteiger partial charge in [0.1, 0.15) is 6.04 Å². The van der Waals surface area contributed by atoms with Crippen molar-refractivity contribution in [2.45, 2.75) is 25.4 Å². The van der Waals surface area contributed by atoms with E-state index >= 15 is 0 Å². The van der Waals surface area contributed by atoms with E-state index in [0.29, 0.717) is 19.5 Å². The highest BCUT2D eigenvalue weighted by Gasteiger charge is 2.32. The van der Waals surface area contributed by atoms with Crippen LogP contribution in [0.5, 0.6) is 0 Å². The Kier molecular flexibility index (Phi) is 6.46. The highest BCUT2D eigenvalue weighted by molar-refractivity contribution is 5.86. The number of hydrogen-bond acceptors (Lipinski definition) is 4. The maximum absolute atomic E-state index is 12.2. The van der Waals surface area contributed by atoms with E-state index in [1.54, 1.807) is 4.90 Å². The Morgan fingerprint density at radius 1 is 1.04 bits per heavy atom. The normalized spacial score (nSPS) is 21.7. The van der Waals surface area contributed by atoms with Gasteiger partial charge in [0, 0.05) is 52.4 Å². The van der Waals surface area contributed by atoms with Gasteiger partial charge in [-0.25, -0.2) is 4.79 Å². The number of amides is 3. The largest absolute Gasteiger partial charge is 0.368 e. The smallest absolute Gasteiger partial charge is 0.318 e. The minimum atomic E-state index is -0.448. The van der Waals surface area contributed by atoms with Crippen LogP contribution >= 0.6 is 0 Å². The van der Waals surface area contributed by atoms with Gasteiger partial charge in [0.25, 0.3) is 0 Å². The summed E-state index contributed by atoms with van der Waals surface area (Å²) in [6.07, 6.45) is 1.51. The van der Waals surface area contributed by atoms with Crippen LogP contribution < -0.4 is 11.1 Å². The third-order valence-electron chi connectivity index (χ3n) is 5.26. The van der Waals surface area contributed by atoms with Crippen LogP contribution in [0.25, 0.3) is 0 Å². The molecule has 0 aromatic heterocycles. The second-order valence-electron chi connectivity index (χ2n) is 7.09. The van der Waals surface area contributed by atoms with Crippen molar-refractivity contribution in [2.24, 2.45) is 5.73 Å². The van der Waals surface area contributed by atoms with Crippen LogP contribution in [0.4, 0.5) is 4.79 Å². The van der Waals surface area contributed by atoms with Crippen molar-refractivity contribution in [1.82, 2.24) is 20.0 Å². The van der Waals surface area contributed by atoms with Crippen LogP contribution in [-0.2, 0) is 11.3 Å². The molecule has 3 amide bonds. The van der Waals surface area contributed by atoms with E-state index in [4.69, 9.17) is 5.73 Å². The second-order valence-corrected chi connectivity index (χ2v) is 7.09. The molecule has 0 bridgehead atoms. The van der Waals surface area contributed by atoms with Crippen LogP contribution in [0.15, 0.2) is 30.3 Å². The van der Waals surface area contributed by atoms with Crippen molar-refractivity contribution >= 4 is 11.9 Å². The maximum atomic E-state index is 12.2. The van der Waals surface area contributed by atoms with Crippen molar-refractivity contribution in [1.29, 1.82) is 0 Å². The van der Waals surface area contributed by atoms with Gasteiger partial charge in [0.05, 0.1) is 0 Å². The molecular formula is C19H29N5O2. The molecular weight excluding hydrogens is 330 g/mol. The fourth-order valence-corrected chi connectivity index (χ4v) is 3.74. The second kappa shape index (κ2) is 9.00. The van der Waals surface area contributed by atoms with Crippen LogP contribution in [0, 0.1) is 0 Å².